The van der Waals surface area contributed by atoms with E-state index in [0.29, 0.717) is 62.3 Å². The number of aromatic nitrogens is 3. The molecule has 0 saturated carbocycles. The van der Waals surface area contributed by atoms with Gasteiger partial charge >= 0.3 is 12.1 Å². The summed E-state index contributed by atoms with van der Waals surface area (Å²) in [7, 11) is 1.53. The number of fused-ring (bicyclic) bond motifs is 1. The molecule has 2 aromatic carbocycles. The van der Waals surface area contributed by atoms with E-state index in [2.05, 4.69) is 20.9 Å². The summed E-state index contributed by atoms with van der Waals surface area (Å²) in [6.45, 7) is 14.2. The number of hydrogen-bond acceptors (Lipinski definition) is 15. The number of rotatable bonds is 13. The number of aryl methyl sites for hydroxylation is 1. The molecule has 3 saturated heterocycles. The van der Waals surface area contributed by atoms with Crippen molar-refractivity contribution in [3.63, 3.8) is 0 Å². The molecule has 18 nitrogen and oxygen atoms in total. The number of carbonyl (C=O) groups is 4. The Balaban J connectivity index is 1.19. The molecule has 2 unspecified atom stereocenters. The SMILES string of the molecule is CC[C@H]1OC(=O)[C@H](C)C(=O)[C@H](C)[C@@H](O[C@@H]2O[C@H](CNC(=O)c3ccccc3)CC(N)C2O)[C@](C)(OC)C[C@@H](C)CN[C@H](C)[C@H]2N(CCCCn3cc(-c4cccc(N)c4)nn3)C(=O)O[C@]12C. The summed E-state index contributed by atoms with van der Waals surface area (Å²) in [6, 6.07) is 14.5. The van der Waals surface area contributed by atoms with Gasteiger partial charge in [0.2, 0.25) is 0 Å². The highest BCUT2D eigenvalue weighted by molar-refractivity contribution is 6.00. The molecule has 4 heterocycles. The molecule has 0 bridgehead atoms. The van der Waals surface area contributed by atoms with E-state index in [1.807, 2.05) is 64.2 Å². The third-order valence-electron chi connectivity index (χ3n) is 13.6. The number of hydrogen-bond donors (Lipinski definition) is 5. The second-order valence-corrected chi connectivity index (χ2v) is 18.8. The molecule has 13 atom stereocenters. The van der Waals surface area contributed by atoms with Crippen molar-refractivity contribution in [2.45, 2.75) is 147 Å². The van der Waals surface area contributed by atoms with Gasteiger partial charge in [-0.3, -0.25) is 24.0 Å². The zero-order valence-electron chi connectivity index (χ0n) is 39.6. The number of nitrogens with one attached hydrogen (secondary N) is 2. The zero-order chi connectivity index (χ0) is 47.9. The smallest absolute Gasteiger partial charge is 0.410 e. The molecule has 3 fully saturated rings. The molecule has 0 spiro atoms. The molecule has 2 amide bonds. The predicted molar refractivity (Wildman–Crippen MR) is 246 cm³/mol. The first-order valence-corrected chi connectivity index (χ1v) is 23.2. The second-order valence-electron chi connectivity index (χ2n) is 18.8. The molecule has 3 aliphatic heterocycles. The Morgan fingerprint density at radius 2 is 1.77 bits per heavy atom. The number of Topliss-reactive ketones (excluding diaryl/α,β-unsaturated/α-hetero) is 1. The molecule has 3 aliphatic rings. The fourth-order valence-corrected chi connectivity index (χ4v) is 9.91. The van der Waals surface area contributed by atoms with E-state index >= 15 is 0 Å². The Bertz CT molecular complexity index is 2130. The number of aliphatic hydroxyl groups is 1. The number of anilines is 1. The predicted octanol–water partition coefficient (Wildman–Crippen LogP) is 4.09. The molecular formula is C48H70N8O10. The number of esters is 1. The standard InChI is InChI=1S/C48H70N8O10/c1-9-38-48(7)41(56(46(61)66-48)21-14-13-20-55-27-37(53-54-55)33-18-15-19-34(49)22-33)31(5)51-25-28(2)24-47(6,62-8)42(29(3)39(57)30(4)44(60)64-38)65-45-40(58)36(50)23-35(63-45)26-52-43(59)32-16-11-10-12-17-32/h10-12,15-19,22,27-31,35-36,38,40-42,45,51,58H,9,13-14,20-21,23-26,49-50H2,1-8H3,(H,52,59)/t28-,29+,30-,31-,35+,36?,38-,40?,41-,42-,45+,47-,48-/m1/s1. The van der Waals surface area contributed by atoms with Gasteiger partial charge in [-0.25, -0.2) is 4.79 Å². The molecule has 7 N–H and O–H groups in total. The lowest BCUT2D eigenvalue weighted by molar-refractivity contribution is -0.289. The first-order valence-electron chi connectivity index (χ1n) is 23.2. The van der Waals surface area contributed by atoms with E-state index in [-0.39, 0.29) is 30.8 Å². The highest BCUT2D eigenvalue weighted by Crippen LogP contribution is 2.40. The number of aliphatic hydroxyl groups excluding tert-OH is 1. The van der Waals surface area contributed by atoms with Gasteiger partial charge in [0.05, 0.1) is 30.0 Å². The van der Waals surface area contributed by atoms with E-state index in [4.69, 9.17) is 35.2 Å². The van der Waals surface area contributed by atoms with Crippen LogP contribution in [0.1, 0.15) is 90.9 Å². The van der Waals surface area contributed by atoms with Crippen molar-refractivity contribution < 1.29 is 48.0 Å². The first-order chi connectivity index (χ1) is 31.4. The van der Waals surface area contributed by atoms with Crippen LogP contribution in [-0.4, -0.2) is 136 Å². The number of amides is 2. The summed E-state index contributed by atoms with van der Waals surface area (Å²) >= 11 is 0. The van der Waals surface area contributed by atoms with Crippen LogP contribution in [0.25, 0.3) is 11.3 Å². The number of nitrogens with zero attached hydrogens (tertiary/aromatic N) is 4. The lowest BCUT2D eigenvalue weighted by Crippen LogP contribution is -2.61. The molecule has 0 radical (unpaired) electrons. The van der Waals surface area contributed by atoms with Crippen molar-refractivity contribution >= 4 is 29.4 Å². The average molecular weight is 919 g/mol. The van der Waals surface area contributed by atoms with Crippen LogP contribution < -0.4 is 22.1 Å². The number of carbonyl (C=O) groups excluding carboxylic acids is 4. The topological polar surface area (TPSA) is 245 Å². The third kappa shape index (κ3) is 11.4. The number of nitrogen functional groups attached to an aromatic ring is 1. The summed E-state index contributed by atoms with van der Waals surface area (Å²) in [5.74, 6) is -3.86. The van der Waals surface area contributed by atoms with Gasteiger partial charge < -0.3 is 50.9 Å². The van der Waals surface area contributed by atoms with Crippen molar-refractivity contribution in [1.82, 2.24) is 30.5 Å². The number of ketones is 1. The lowest BCUT2D eigenvalue weighted by Gasteiger charge is -2.45. The van der Waals surface area contributed by atoms with Gasteiger partial charge in [-0.2, -0.15) is 0 Å². The minimum absolute atomic E-state index is 0.0914. The largest absolute Gasteiger partial charge is 0.458 e. The van der Waals surface area contributed by atoms with Crippen molar-refractivity contribution in [1.29, 1.82) is 0 Å². The maximum atomic E-state index is 14.5. The number of unbranched alkanes of at least 4 members (excludes halogenated alkanes) is 1. The summed E-state index contributed by atoms with van der Waals surface area (Å²) < 4.78 is 33.4. The van der Waals surface area contributed by atoms with E-state index < -0.39 is 83.7 Å². The fourth-order valence-electron chi connectivity index (χ4n) is 9.91. The Hall–Kier alpha value is -4.98. The number of nitrogens with two attached hydrogens (primary N) is 2. The lowest BCUT2D eigenvalue weighted by atomic mass is 9.78. The van der Waals surface area contributed by atoms with Crippen LogP contribution in [0, 0.1) is 17.8 Å². The number of ether oxygens (including phenoxy) is 5. The molecule has 3 aromatic rings. The first kappa shape index (κ1) is 50.4. The van der Waals surface area contributed by atoms with Crippen molar-refractivity contribution in [2.75, 3.05) is 32.5 Å². The highest BCUT2D eigenvalue weighted by atomic mass is 16.7. The highest BCUT2D eigenvalue weighted by Gasteiger charge is 2.58. The van der Waals surface area contributed by atoms with Gasteiger partial charge in [-0.15, -0.1) is 5.10 Å². The van der Waals surface area contributed by atoms with Crippen LogP contribution in [-0.2, 0) is 39.8 Å². The van der Waals surface area contributed by atoms with Gasteiger partial charge in [-0.05, 0) is 96.5 Å². The van der Waals surface area contributed by atoms with Gasteiger partial charge in [0.1, 0.15) is 23.8 Å². The summed E-state index contributed by atoms with van der Waals surface area (Å²) in [6.07, 6.45) is -1.56. The molecule has 0 aliphatic carbocycles. The van der Waals surface area contributed by atoms with Gasteiger partial charge in [0, 0.05) is 61.6 Å². The maximum Gasteiger partial charge on any atom is 0.410 e. The zero-order valence-corrected chi connectivity index (χ0v) is 39.6. The molecule has 18 heteroatoms. The Morgan fingerprint density at radius 1 is 1.05 bits per heavy atom. The monoisotopic (exact) mass is 919 g/mol. The third-order valence-corrected chi connectivity index (χ3v) is 13.6. The Morgan fingerprint density at radius 3 is 2.47 bits per heavy atom. The van der Waals surface area contributed by atoms with E-state index in [0.717, 1.165) is 5.56 Å². The van der Waals surface area contributed by atoms with E-state index in [1.54, 1.807) is 47.7 Å². The number of benzene rings is 2. The molecule has 362 valence electrons. The molecule has 6 rings (SSSR count). The maximum absolute atomic E-state index is 14.5. The minimum atomic E-state index is -1.30. The fraction of sp³-hybridized carbons (Fsp3) is 0.625. The van der Waals surface area contributed by atoms with Crippen molar-refractivity contribution in [2.24, 2.45) is 23.5 Å². The quantitative estimate of drug-likeness (QED) is 0.0702. The Kier molecular flexibility index (Phi) is 16.6. The molecule has 1 aromatic heterocycles. The van der Waals surface area contributed by atoms with Crippen LogP contribution in [0.15, 0.2) is 60.8 Å². The summed E-state index contributed by atoms with van der Waals surface area (Å²) in [4.78, 5) is 57.1. The summed E-state index contributed by atoms with van der Waals surface area (Å²) in [5, 5.41) is 26.5. The van der Waals surface area contributed by atoms with Gasteiger partial charge in [0.15, 0.2) is 17.7 Å². The van der Waals surface area contributed by atoms with E-state index in [9.17, 15) is 24.3 Å². The number of methoxy groups -OCH3 is 1. The molecular weight excluding hydrogens is 849 g/mol. The van der Waals surface area contributed by atoms with Gasteiger partial charge in [0.25, 0.3) is 5.91 Å². The molecule has 66 heavy (non-hydrogen) atoms. The van der Waals surface area contributed by atoms with E-state index in [1.165, 1.54) is 14.0 Å². The number of cyclic esters (lactones) is 1. The normalized spacial score (nSPS) is 33.6. The van der Waals surface area contributed by atoms with Crippen LogP contribution >= 0.6 is 0 Å². The summed E-state index contributed by atoms with van der Waals surface area (Å²) in [5.41, 5.74) is 12.7. The minimum Gasteiger partial charge on any atom is -0.458 e. The van der Waals surface area contributed by atoms with Crippen molar-refractivity contribution in [3.8, 4) is 11.3 Å². The Labute approximate surface area is 387 Å². The van der Waals surface area contributed by atoms with Crippen LogP contribution in [0.3, 0.4) is 0 Å². The van der Waals surface area contributed by atoms with Gasteiger partial charge in [-0.1, -0.05) is 56.3 Å². The van der Waals surface area contributed by atoms with Crippen LogP contribution in [0.4, 0.5) is 10.5 Å². The average Bonchev–Trinajstić information content (AvgIpc) is 3.88. The van der Waals surface area contributed by atoms with Crippen LogP contribution in [0.5, 0.6) is 0 Å². The van der Waals surface area contributed by atoms with Crippen molar-refractivity contribution in [3.05, 3.63) is 66.4 Å². The van der Waals surface area contributed by atoms with Crippen LogP contribution in [0.2, 0.25) is 0 Å². The second kappa shape index (κ2) is 21.8.